The highest BCUT2D eigenvalue weighted by Crippen LogP contribution is 2.42. The Morgan fingerprint density at radius 3 is 2.59 bits per heavy atom. The van der Waals surface area contributed by atoms with Crippen molar-refractivity contribution in [1.82, 2.24) is 14.5 Å². The number of nitrogens with two attached hydrogens (primary N) is 1. The number of nitrogen functional groups attached to an aromatic ring is 1. The Morgan fingerprint density at radius 2 is 1.92 bits per heavy atom. The molecule has 4 heterocycles. The van der Waals surface area contributed by atoms with Gasteiger partial charge in [-0.2, -0.15) is 13.2 Å². The minimum absolute atomic E-state index is 0.0893. The van der Waals surface area contributed by atoms with Crippen molar-refractivity contribution >= 4 is 28.4 Å². The Hall–Kier alpha value is -4.03. The molecule has 2 N–H and O–H groups in total. The normalized spacial score (nSPS) is 17.8. The molecule has 0 aliphatic carbocycles. The van der Waals surface area contributed by atoms with E-state index < -0.39 is 40.6 Å². The molecule has 3 aromatic rings. The maximum Gasteiger partial charge on any atom is 0.431 e. The van der Waals surface area contributed by atoms with E-state index in [2.05, 4.69) is 4.98 Å². The van der Waals surface area contributed by atoms with Crippen LogP contribution in [-0.2, 0) is 10.9 Å². The summed E-state index contributed by atoms with van der Waals surface area (Å²) in [5.74, 6) is -0.871. The van der Waals surface area contributed by atoms with Crippen molar-refractivity contribution in [3.8, 4) is 11.4 Å². The molecule has 208 valence electrons. The molecule has 2 aliphatic heterocycles. The molecule has 2 aliphatic rings. The van der Waals surface area contributed by atoms with Gasteiger partial charge in [-0.1, -0.05) is 6.07 Å². The minimum Gasteiger partial charge on any atom is -0.490 e. The third kappa shape index (κ3) is 4.81. The average molecular weight is 550 g/mol. The van der Waals surface area contributed by atoms with Crippen LogP contribution in [-0.4, -0.2) is 58.4 Å². The van der Waals surface area contributed by atoms with Crippen LogP contribution in [0.5, 0.6) is 5.75 Å². The molecule has 0 bridgehead atoms. The zero-order valence-corrected chi connectivity index (χ0v) is 21.5. The number of anilines is 2. The largest absolute Gasteiger partial charge is 0.490 e. The fourth-order valence-electron chi connectivity index (χ4n) is 5.02. The lowest BCUT2D eigenvalue weighted by Crippen LogP contribution is -2.55. The number of carbonyl (C=O) groups excluding carboxylic acids is 1. The fraction of sp³-hybridized carbons (Fsp3) is 0.423. The SMILES string of the molecule is CC(C)(C)OC(=O)N1CCN2c3c(cnc4c(=O)n(-c5c(N)cccc5F)c(C(F)(F)F)cc34)OCCC2C1. The Morgan fingerprint density at radius 1 is 1.18 bits per heavy atom. The van der Waals surface area contributed by atoms with E-state index in [1.165, 1.54) is 18.3 Å². The topological polar surface area (TPSA) is 103 Å². The number of fused-ring (bicyclic) bond motifs is 5. The molecule has 1 amide bonds. The molecule has 5 rings (SSSR count). The predicted octanol–water partition coefficient (Wildman–Crippen LogP) is 4.33. The van der Waals surface area contributed by atoms with Gasteiger partial charge in [-0.25, -0.2) is 14.2 Å². The summed E-state index contributed by atoms with van der Waals surface area (Å²) in [5, 5.41) is -0.0893. The van der Waals surface area contributed by atoms with Gasteiger partial charge in [-0.15, -0.1) is 0 Å². The highest BCUT2D eigenvalue weighted by Gasteiger charge is 2.40. The summed E-state index contributed by atoms with van der Waals surface area (Å²) >= 11 is 0. The number of ether oxygens (including phenoxy) is 2. The summed E-state index contributed by atoms with van der Waals surface area (Å²) in [6.45, 7) is 6.24. The molecule has 1 aromatic carbocycles. The summed E-state index contributed by atoms with van der Waals surface area (Å²) < 4.78 is 69.4. The zero-order valence-electron chi connectivity index (χ0n) is 21.5. The van der Waals surface area contributed by atoms with Gasteiger partial charge in [-0.3, -0.25) is 9.36 Å². The van der Waals surface area contributed by atoms with Crippen LogP contribution < -0.4 is 20.9 Å². The van der Waals surface area contributed by atoms with Crippen LogP contribution in [0.15, 0.2) is 35.3 Å². The molecule has 39 heavy (non-hydrogen) atoms. The van der Waals surface area contributed by atoms with Crippen molar-refractivity contribution in [2.45, 2.75) is 45.0 Å². The number of halogens is 4. The molecule has 1 atom stereocenters. The lowest BCUT2D eigenvalue weighted by molar-refractivity contribution is -0.142. The number of carbonyl (C=O) groups is 1. The number of amides is 1. The van der Waals surface area contributed by atoms with Crippen molar-refractivity contribution in [3.63, 3.8) is 0 Å². The lowest BCUT2D eigenvalue weighted by Gasteiger charge is -2.42. The van der Waals surface area contributed by atoms with Crippen LogP contribution in [0.25, 0.3) is 16.6 Å². The van der Waals surface area contributed by atoms with E-state index in [1.54, 1.807) is 25.7 Å². The number of hydrogen-bond acceptors (Lipinski definition) is 7. The van der Waals surface area contributed by atoms with Crippen molar-refractivity contribution in [2.24, 2.45) is 0 Å². The number of rotatable bonds is 1. The summed E-state index contributed by atoms with van der Waals surface area (Å²) in [6, 6.07) is 3.83. The summed E-state index contributed by atoms with van der Waals surface area (Å²) in [7, 11) is 0. The van der Waals surface area contributed by atoms with Gasteiger partial charge in [0, 0.05) is 31.4 Å². The quantitative estimate of drug-likeness (QED) is 0.356. The second-order valence-electron chi connectivity index (χ2n) is 10.5. The Balaban J connectivity index is 1.67. The number of nitrogens with zero attached hydrogens (tertiary/aromatic N) is 4. The van der Waals surface area contributed by atoms with Crippen LogP contribution in [0, 0.1) is 5.82 Å². The molecular formula is C26H27F4N5O4. The summed E-state index contributed by atoms with van der Waals surface area (Å²) in [5.41, 5.74) is 1.48. The van der Waals surface area contributed by atoms with E-state index in [0.717, 1.165) is 12.1 Å². The van der Waals surface area contributed by atoms with Gasteiger partial charge in [0.2, 0.25) is 0 Å². The van der Waals surface area contributed by atoms with Crippen LogP contribution in [0.3, 0.4) is 0 Å². The summed E-state index contributed by atoms with van der Waals surface area (Å²) in [4.78, 5) is 33.8. The van der Waals surface area contributed by atoms with Crippen LogP contribution in [0.1, 0.15) is 32.9 Å². The summed E-state index contributed by atoms with van der Waals surface area (Å²) in [6.07, 6.45) is -3.78. The molecule has 1 saturated heterocycles. The van der Waals surface area contributed by atoms with Crippen LogP contribution >= 0.6 is 0 Å². The lowest BCUT2D eigenvalue weighted by atomic mass is 10.1. The first-order valence-electron chi connectivity index (χ1n) is 12.3. The van der Waals surface area contributed by atoms with Crippen LogP contribution in [0.4, 0.5) is 33.7 Å². The van der Waals surface area contributed by atoms with Gasteiger partial charge in [-0.05, 0) is 39.0 Å². The maximum atomic E-state index is 14.7. The van der Waals surface area contributed by atoms with E-state index in [9.17, 15) is 27.2 Å². The third-order valence-electron chi connectivity index (χ3n) is 6.64. The molecule has 2 aromatic heterocycles. The molecule has 0 spiro atoms. The van der Waals surface area contributed by atoms with Crippen molar-refractivity contribution < 1.29 is 31.8 Å². The van der Waals surface area contributed by atoms with Gasteiger partial charge in [0.05, 0.1) is 30.2 Å². The molecule has 13 heteroatoms. The van der Waals surface area contributed by atoms with E-state index >= 15 is 0 Å². The predicted molar refractivity (Wildman–Crippen MR) is 136 cm³/mol. The highest BCUT2D eigenvalue weighted by molar-refractivity contribution is 5.95. The molecule has 9 nitrogen and oxygen atoms in total. The molecule has 1 fully saturated rings. The fourth-order valence-corrected chi connectivity index (χ4v) is 5.02. The molecule has 0 radical (unpaired) electrons. The monoisotopic (exact) mass is 549 g/mol. The smallest absolute Gasteiger partial charge is 0.431 e. The standard InChI is InChI=1S/C26H27F4N5O4/c1-25(2,3)39-24(37)33-8-9-34-14(13-33)7-10-38-18-12-32-20-15(21(18)34)11-19(26(28,29)30)35(23(20)36)22-16(27)5-4-6-17(22)31/h4-6,11-12,14H,7-10,13,31H2,1-3H3. The molecular weight excluding hydrogens is 522 g/mol. The van der Waals surface area contributed by atoms with Gasteiger partial charge in [0.15, 0.2) is 5.75 Å². The first-order valence-corrected chi connectivity index (χ1v) is 12.3. The van der Waals surface area contributed by atoms with Gasteiger partial charge < -0.3 is 25.0 Å². The number of alkyl halides is 3. The Bertz CT molecular complexity index is 1500. The maximum absolute atomic E-state index is 14.7. The molecule has 1 unspecified atom stereocenters. The number of hydrogen-bond donors (Lipinski definition) is 1. The van der Waals surface area contributed by atoms with Gasteiger partial charge in [0.25, 0.3) is 5.56 Å². The minimum atomic E-state index is -5.04. The van der Waals surface area contributed by atoms with E-state index in [-0.39, 0.29) is 64.9 Å². The first kappa shape index (κ1) is 26.6. The average Bonchev–Trinajstić information content (AvgIpc) is 3.02. The van der Waals surface area contributed by atoms with E-state index in [4.69, 9.17) is 15.2 Å². The number of benzene rings is 1. The van der Waals surface area contributed by atoms with Crippen molar-refractivity contribution in [3.05, 3.63) is 52.3 Å². The zero-order chi connectivity index (χ0) is 28.3. The van der Waals surface area contributed by atoms with Crippen molar-refractivity contribution in [2.75, 3.05) is 36.9 Å². The van der Waals surface area contributed by atoms with Crippen molar-refractivity contribution in [1.29, 1.82) is 0 Å². The Labute approximate surface area is 220 Å². The second-order valence-corrected chi connectivity index (χ2v) is 10.5. The first-order chi connectivity index (χ1) is 18.3. The number of piperazine rings is 1. The number of para-hydroxylation sites is 1. The highest BCUT2D eigenvalue weighted by atomic mass is 19.4. The van der Waals surface area contributed by atoms with Gasteiger partial charge >= 0.3 is 12.3 Å². The number of aromatic nitrogens is 2. The number of pyridine rings is 2. The van der Waals surface area contributed by atoms with E-state index in [1.807, 2.05) is 4.90 Å². The molecule has 0 saturated carbocycles. The van der Waals surface area contributed by atoms with Gasteiger partial charge in [0.1, 0.15) is 28.3 Å². The second kappa shape index (κ2) is 9.31. The Kier molecular flexibility index (Phi) is 6.34. The van der Waals surface area contributed by atoms with E-state index in [0.29, 0.717) is 6.42 Å². The van der Waals surface area contributed by atoms with Crippen LogP contribution in [0.2, 0.25) is 0 Å². The third-order valence-corrected chi connectivity index (χ3v) is 6.64.